The molecule has 0 aliphatic rings. The van der Waals surface area contributed by atoms with Gasteiger partial charge in [-0.15, -0.1) is 0 Å². The molecule has 0 bridgehead atoms. The molecule has 0 aliphatic heterocycles. The van der Waals surface area contributed by atoms with Gasteiger partial charge in [0.1, 0.15) is 0 Å². The minimum atomic E-state index is -1.69. The van der Waals surface area contributed by atoms with Crippen LogP contribution in [0.1, 0.15) is 33.6 Å². The average Bonchev–Trinajstić information content (AvgIpc) is 2.83. The second kappa shape index (κ2) is 11.0. The minimum Gasteiger partial charge on any atom is -0.504 e. The Morgan fingerprint density at radius 3 is 2.09 bits per heavy atom. The molecule has 0 aliphatic carbocycles. The van der Waals surface area contributed by atoms with Crippen molar-refractivity contribution >= 4 is 33.2 Å². The van der Waals surface area contributed by atoms with Gasteiger partial charge in [0.2, 0.25) is 11.5 Å². The largest absolute Gasteiger partial charge is 0.504 e. The van der Waals surface area contributed by atoms with Crippen LogP contribution in [0.5, 0.6) is 23.0 Å². The predicted molar refractivity (Wildman–Crippen MR) is 126 cm³/mol. The minimum absolute atomic E-state index is 0.0578. The Kier molecular flexibility index (Phi) is 8.06. The summed E-state index contributed by atoms with van der Waals surface area (Å²) in [5.74, 6) is -0.561. The molecule has 0 fully saturated rings. The van der Waals surface area contributed by atoms with E-state index >= 15 is 0 Å². The van der Waals surface area contributed by atoms with Crippen molar-refractivity contribution in [3.63, 3.8) is 0 Å². The smallest absolute Gasteiger partial charge is 0.308 e. The Hall–Kier alpha value is -3.66. The monoisotopic (exact) mass is 487 g/mol. The number of phenolic OH excluding ortho intramolecular Hbond substituents is 1. The summed E-state index contributed by atoms with van der Waals surface area (Å²) < 4.78 is 30.2. The second-order valence-corrected chi connectivity index (χ2v) is 8.83. The van der Waals surface area contributed by atoms with Gasteiger partial charge in [0.25, 0.3) is 5.69 Å². The second-order valence-electron chi connectivity index (χ2n) is 7.35. The molecule has 0 saturated heterocycles. The Morgan fingerprint density at radius 1 is 0.941 bits per heavy atom. The van der Waals surface area contributed by atoms with Crippen molar-refractivity contribution in [3.8, 4) is 23.0 Å². The predicted octanol–water partition coefficient (Wildman–Crippen LogP) is 5.12. The number of nitro groups is 1. The molecule has 0 saturated carbocycles. The number of aromatic hydroxyl groups is 1. The van der Waals surface area contributed by atoms with E-state index in [1.54, 1.807) is 12.1 Å². The molecule has 1 unspecified atom stereocenters. The van der Waals surface area contributed by atoms with Crippen molar-refractivity contribution in [1.82, 2.24) is 0 Å². The van der Waals surface area contributed by atoms with E-state index in [-0.39, 0.29) is 35.3 Å². The number of carbonyl (C=O) groups is 1. The maximum absolute atomic E-state index is 13.2. The first-order valence-electron chi connectivity index (χ1n) is 10.7. The van der Waals surface area contributed by atoms with Crippen LogP contribution < -0.4 is 14.2 Å². The van der Waals surface area contributed by atoms with Gasteiger partial charge in [0.05, 0.1) is 28.9 Å². The molecule has 0 aromatic heterocycles. The fourth-order valence-corrected chi connectivity index (χ4v) is 4.31. The summed E-state index contributed by atoms with van der Waals surface area (Å²) in [4.78, 5) is 23.0. The summed E-state index contributed by atoms with van der Waals surface area (Å²) in [6, 6.07) is 10.0. The number of non-ortho nitro benzene ring substituents is 1. The van der Waals surface area contributed by atoms with Crippen LogP contribution in [0.3, 0.4) is 0 Å². The molecular weight excluding hydrogens is 462 g/mol. The summed E-state index contributed by atoms with van der Waals surface area (Å²) in [6.07, 6.45) is 1.34. The highest BCUT2D eigenvalue weighted by atomic mass is 32.2. The summed E-state index contributed by atoms with van der Waals surface area (Å²) in [5, 5.41) is 22.5. The molecule has 3 aromatic carbocycles. The van der Waals surface area contributed by atoms with E-state index in [2.05, 4.69) is 0 Å². The highest BCUT2D eigenvalue weighted by Crippen LogP contribution is 2.51. The van der Waals surface area contributed by atoms with Crippen molar-refractivity contribution in [1.29, 1.82) is 0 Å². The fourth-order valence-electron chi connectivity index (χ4n) is 3.23. The number of benzene rings is 3. The first kappa shape index (κ1) is 25.0. The number of esters is 1. The molecule has 0 radical (unpaired) electrons. The van der Waals surface area contributed by atoms with E-state index in [4.69, 9.17) is 14.2 Å². The van der Waals surface area contributed by atoms with Gasteiger partial charge in [-0.2, -0.15) is 0 Å². The molecule has 1 atom stereocenters. The summed E-state index contributed by atoms with van der Waals surface area (Å²) >= 11 is 0. The molecule has 3 rings (SSSR count). The molecule has 0 amide bonds. The van der Waals surface area contributed by atoms with Gasteiger partial charge in [0, 0.05) is 39.6 Å². The molecule has 0 heterocycles. The first-order valence-corrected chi connectivity index (χ1v) is 11.9. The average molecular weight is 488 g/mol. The van der Waals surface area contributed by atoms with Gasteiger partial charge in [-0.3, -0.25) is 14.9 Å². The van der Waals surface area contributed by atoms with Crippen LogP contribution in [-0.2, 0) is 15.6 Å². The zero-order valence-corrected chi connectivity index (χ0v) is 19.8. The number of rotatable bonds is 10. The van der Waals surface area contributed by atoms with Gasteiger partial charge in [-0.1, -0.05) is 13.8 Å². The SMILES string of the molecule is CCCOc1c(OCCC)c(OC(C)=O)c2cc(S(=O)c3ccc([N+](=O)[O-])cc3)ccc2c1O. The lowest BCUT2D eigenvalue weighted by Crippen LogP contribution is -2.08. The van der Waals surface area contributed by atoms with E-state index in [9.17, 15) is 24.2 Å². The standard InChI is InChI=1S/C24H25NO8S/c1-4-12-31-23-21(27)19-11-10-18(34(30)17-8-6-16(7-9-17)25(28)29)14-20(19)22(33-15(3)26)24(23)32-13-5-2/h6-11,14,27H,4-5,12-13H2,1-3H3. The van der Waals surface area contributed by atoms with E-state index in [0.717, 1.165) is 0 Å². The summed E-state index contributed by atoms with van der Waals surface area (Å²) in [6.45, 7) is 5.66. The molecule has 34 heavy (non-hydrogen) atoms. The maximum atomic E-state index is 13.2. The third kappa shape index (κ3) is 5.28. The molecular formula is C24H25NO8S. The Labute approximate surface area is 198 Å². The van der Waals surface area contributed by atoms with Gasteiger partial charge in [0.15, 0.2) is 11.5 Å². The molecule has 10 heteroatoms. The van der Waals surface area contributed by atoms with Gasteiger partial charge >= 0.3 is 5.97 Å². The zero-order chi connectivity index (χ0) is 24.8. The molecule has 3 aromatic rings. The van der Waals surface area contributed by atoms with E-state index < -0.39 is 21.7 Å². The fraction of sp³-hybridized carbons (Fsp3) is 0.292. The highest BCUT2D eigenvalue weighted by molar-refractivity contribution is 7.85. The Bertz CT molecular complexity index is 1240. The third-order valence-corrected chi connectivity index (χ3v) is 6.12. The van der Waals surface area contributed by atoms with Crippen molar-refractivity contribution in [2.24, 2.45) is 0 Å². The third-order valence-electron chi connectivity index (χ3n) is 4.74. The van der Waals surface area contributed by atoms with Crippen LogP contribution in [-0.4, -0.2) is 33.4 Å². The van der Waals surface area contributed by atoms with Gasteiger partial charge in [-0.05, 0) is 43.2 Å². The number of fused-ring (bicyclic) bond motifs is 1. The zero-order valence-electron chi connectivity index (χ0n) is 19.0. The highest BCUT2D eigenvalue weighted by Gasteiger charge is 2.25. The first-order chi connectivity index (χ1) is 16.3. The molecule has 180 valence electrons. The van der Waals surface area contributed by atoms with Gasteiger partial charge < -0.3 is 19.3 Å². The van der Waals surface area contributed by atoms with E-state index in [0.29, 0.717) is 40.0 Å². The van der Waals surface area contributed by atoms with Gasteiger partial charge in [-0.25, -0.2) is 4.21 Å². The normalized spacial score (nSPS) is 11.7. The number of nitro benzene ring substituents is 1. The number of carbonyl (C=O) groups excluding carboxylic acids is 1. The quantitative estimate of drug-likeness (QED) is 0.181. The van der Waals surface area contributed by atoms with E-state index in [1.165, 1.54) is 37.3 Å². The molecule has 1 N–H and O–H groups in total. The molecule has 0 spiro atoms. The summed E-state index contributed by atoms with van der Waals surface area (Å²) in [7, 11) is -1.69. The van der Waals surface area contributed by atoms with Crippen LogP contribution in [0, 0.1) is 10.1 Å². The van der Waals surface area contributed by atoms with Crippen molar-refractivity contribution in [2.75, 3.05) is 13.2 Å². The maximum Gasteiger partial charge on any atom is 0.308 e. The molecule has 9 nitrogen and oxygen atoms in total. The Morgan fingerprint density at radius 2 is 1.53 bits per heavy atom. The van der Waals surface area contributed by atoms with Crippen molar-refractivity contribution in [3.05, 3.63) is 52.6 Å². The van der Waals surface area contributed by atoms with Crippen LogP contribution in [0.4, 0.5) is 5.69 Å². The number of phenols is 1. The van der Waals surface area contributed by atoms with Crippen LogP contribution >= 0.6 is 0 Å². The van der Waals surface area contributed by atoms with Crippen LogP contribution in [0.2, 0.25) is 0 Å². The number of nitrogens with zero attached hydrogens (tertiary/aromatic N) is 1. The Balaban J connectivity index is 2.20. The van der Waals surface area contributed by atoms with Crippen LogP contribution in [0.25, 0.3) is 10.8 Å². The van der Waals surface area contributed by atoms with Crippen molar-refractivity contribution < 1.29 is 33.2 Å². The number of ether oxygens (including phenoxy) is 3. The lowest BCUT2D eigenvalue weighted by Gasteiger charge is -2.19. The number of hydrogen-bond acceptors (Lipinski definition) is 8. The topological polar surface area (TPSA) is 125 Å². The lowest BCUT2D eigenvalue weighted by atomic mass is 10.1. The van der Waals surface area contributed by atoms with Crippen LogP contribution in [0.15, 0.2) is 52.3 Å². The lowest BCUT2D eigenvalue weighted by molar-refractivity contribution is -0.384. The summed E-state index contributed by atoms with van der Waals surface area (Å²) in [5.41, 5.74) is -0.112. The van der Waals surface area contributed by atoms with E-state index in [1.807, 2.05) is 13.8 Å². The number of hydrogen-bond donors (Lipinski definition) is 1. The van der Waals surface area contributed by atoms with Crippen molar-refractivity contribution in [2.45, 2.75) is 43.4 Å².